The molecule has 0 aliphatic heterocycles. The van der Waals surface area contributed by atoms with E-state index in [4.69, 9.17) is 4.74 Å². The molecule has 0 atom stereocenters. The average Bonchev–Trinajstić information content (AvgIpc) is 2.18. The molecule has 0 bridgehead atoms. The van der Waals surface area contributed by atoms with Gasteiger partial charge in [-0.15, -0.1) is 0 Å². The lowest BCUT2D eigenvalue weighted by Gasteiger charge is -2.04. The molecule has 0 aromatic heterocycles. The van der Waals surface area contributed by atoms with Gasteiger partial charge in [-0.3, -0.25) is 5.11 Å². The van der Waals surface area contributed by atoms with Gasteiger partial charge in [0.1, 0.15) is 0 Å². The Bertz CT molecular complexity index is 435. The van der Waals surface area contributed by atoms with Crippen LogP contribution in [0, 0.1) is 0 Å². The second-order valence-corrected chi connectivity index (χ2v) is 2.82. The molecule has 0 spiro atoms. The van der Waals surface area contributed by atoms with Crippen molar-refractivity contribution in [3.63, 3.8) is 0 Å². The quantitative estimate of drug-likeness (QED) is 0.651. The van der Waals surface area contributed by atoms with Crippen molar-refractivity contribution in [2.75, 3.05) is 7.11 Å². The second-order valence-electron chi connectivity index (χ2n) is 2.82. The predicted octanol–water partition coefficient (Wildman–Crippen LogP) is 2.99. The maximum Gasteiger partial charge on any atom is 0.221 e. The van der Waals surface area contributed by atoms with Crippen molar-refractivity contribution in [3.05, 3.63) is 36.4 Å². The maximum absolute atomic E-state index is 11.3. The van der Waals surface area contributed by atoms with E-state index in [2.05, 4.69) is 0 Å². The summed E-state index contributed by atoms with van der Waals surface area (Å²) in [6.45, 7) is 0. The van der Waals surface area contributed by atoms with Crippen LogP contribution in [0.3, 0.4) is 0 Å². The summed E-state index contributed by atoms with van der Waals surface area (Å²) in [5, 5.41) is 13.2. The minimum atomic E-state index is -0.0683. The molecule has 0 N–H and O–H groups in total. The zero-order valence-corrected chi connectivity index (χ0v) is 7.28. The molecule has 65 valence electrons. The third-order valence-corrected chi connectivity index (χ3v) is 2.05. The van der Waals surface area contributed by atoms with Crippen LogP contribution in [0.1, 0.15) is 0 Å². The number of ether oxygens (including phenoxy) is 1. The maximum atomic E-state index is 11.3. The van der Waals surface area contributed by atoms with E-state index in [0.717, 1.165) is 10.8 Å². The summed E-state index contributed by atoms with van der Waals surface area (Å²) in [6, 6.07) is 11.0. The highest BCUT2D eigenvalue weighted by Crippen LogP contribution is 2.34. The van der Waals surface area contributed by atoms with Crippen LogP contribution >= 0.6 is 0 Å². The number of hydrogen-bond donors (Lipinski definition) is 0. The van der Waals surface area contributed by atoms with Crippen molar-refractivity contribution in [1.82, 2.24) is 0 Å². The third kappa shape index (κ3) is 1.20. The van der Waals surface area contributed by atoms with Gasteiger partial charge in [0.05, 0.1) is 7.11 Å². The first kappa shape index (κ1) is 7.92. The Balaban J connectivity index is 2.84. The van der Waals surface area contributed by atoms with Gasteiger partial charge in [0, 0.05) is 5.39 Å². The molecule has 0 saturated heterocycles. The summed E-state index contributed by atoms with van der Waals surface area (Å²) in [5.41, 5.74) is 0. The predicted molar refractivity (Wildman–Crippen MR) is 50.6 cm³/mol. The fourth-order valence-corrected chi connectivity index (χ4v) is 1.43. The monoisotopic (exact) mass is 173 g/mol. The first-order chi connectivity index (χ1) is 6.33. The van der Waals surface area contributed by atoms with Crippen LogP contribution in [0.25, 0.3) is 10.8 Å². The highest BCUT2D eigenvalue weighted by Gasteiger charge is 2.06. The molecule has 1 radical (unpaired) electrons. The van der Waals surface area contributed by atoms with Crippen LogP contribution in [-0.4, -0.2) is 7.11 Å². The van der Waals surface area contributed by atoms with E-state index >= 15 is 0 Å². The molecule has 2 rings (SSSR count). The lowest BCUT2D eigenvalue weighted by molar-refractivity contribution is 0.318. The van der Waals surface area contributed by atoms with E-state index in [0.29, 0.717) is 5.75 Å². The summed E-state index contributed by atoms with van der Waals surface area (Å²) in [4.78, 5) is 0. The molecule has 2 aromatic carbocycles. The van der Waals surface area contributed by atoms with Crippen molar-refractivity contribution < 1.29 is 9.84 Å². The molecular weight excluding hydrogens is 164 g/mol. The molecule has 2 heteroatoms. The molecule has 0 saturated carbocycles. The highest BCUT2D eigenvalue weighted by atomic mass is 16.5. The second kappa shape index (κ2) is 2.98. The van der Waals surface area contributed by atoms with Gasteiger partial charge < -0.3 is 4.74 Å². The summed E-state index contributed by atoms with van der Waals surface area (Å²) in [5.74, 6) is 0.360. The Morgan fingerprint density at radius 1 is 1.08 bits per heavy atom. The SMILES string of the molecule is COc1c([O])ccc2ccccc12. The topological polar surface area (TPSA) is 29.1 Å². The average molecular weight is 173 g/mol. The van der Waals surface area contributed by atoms with Gasteiger partial charge in [-0.05, 0) is 11.5 Å². The Hall–Kier alpha value is -1.70. The summed E-state index contributed by atoms with van der Waals surface area (Å²) >= 11 is 0. The molecule has 0 aliphatic rings. The molecule has 2 aromatic rings. The van der Waals surface area contributed by atoms with Gasteiger partial charge in [0.2, 0.25) is 5.75 Å². The molecule has 0 fully saturated rings. The molecule has 0 aliphatic carbocycles. The fourth-order valence-electron chi connectivity index (χ4n) is 1.43. The van der Waals surface area contributed by atoms with Crippen molar-refractivity contribution in [2.24, 2.45) is 0 Å². The summed E-state index contributed by atoms with van der Waals surface area (Å²) in [6.07, 6.45) is 0. The van der Waals surface area contributed by atoms with Crippen LogP contribution in [0.2, 0.25) is 0 Å². The van der Waals surface area contributed by atoms with Gasteiger partial charge in [-0.1, -0.05) is 30.3 Å². The smallest absolute Gasteiger partial charge is 0.221 e. The largest absolute Gasteiger partial charge is 0.492 e. The molecule has 0 heterocycles. The van der Waals surface area contributed by atoms with Crippen LogP contribution < -0.4 is 4.74 Å². The highest BCUT2D eigenvalue weighted by molar-refractivity contribution is 5.90. The molecule has 0 unspecified atom stereocenters. The van der Waals surface area contributed by atoms with Crippen LogP contribution in [0.15, 0.2) is 36.4 Å². The molecule has 13 heavy (non-hydrogen) atoms. The van der Waals surface area contributed by atoms with Gasteiger partial charge >= 0.3 is 0 Å². The molecular formula is C11H9O2. The first-order valence-electron chi connectivity index (χ1n) is 4.05. The minimum absolute atomic E-state index is 0.0683. The Kier molecular flexibility index (Phi) is 1.81. The number of rotatable bonds is 1. The zero-order valence-electron chi connectivity index (χ0n) is 7.28. The van der Waals surface area contributed by atoms with E-state index in [1.807, 2.05) is 24.3 Å². The van der Waals surface area contributed by atoms with Gasteiger partial charge in [0.25, 0.3) is 0 Å². The van der Waals surface area contributed by atoms with E-state index in [1.165, 1.54) is 13.2 Å². The van der Waals surface area contributed by atoms with Gasteiger partial charge in [0.15, 0.2) is 5.75 Å². The van der Waals surface area contributed by atoms with E-state index in [9.17, 15) is 5.11 Å². The Labute approximate surface area is 76.4 Å². The summed E-state index contributed by atoms with van der Waals surface area (Å²) < 4.78 is 5.05. The first-order valence-corrected chi connectivity index (χ1v) is 4.05. The number of fused-ring (bicyclic) bond motifs is 1. The van der Waals surface area contributed by atoms with Crippen LogP contribution in [-0.2, 0) is 5.11 Å². The van der Waals surface area contributed by atoms with Crippen molar-refractivity contribution in [3.8, 4) is 11.5 Å². The minimum Gasteiger partial charge on any atom is -0.492 e. The van der Waals surface area contributed by atoms with E-state index in [1.54, 1.807) is 6.07 Å². The third-order valence-electron chi connectivity index (χ3n) is 2.05. The Morgan fingerprint density at radius 2 is 1.85 bits per heavy atom. The Morgan fingerprint density at radius 3 is 2.62 bits per heavy atom. The number of methoxy groups -OCH3 is 1. The van der Waals surface area contributed by atoms with Crippen LogP contribution in [0.4, 0.5) is 0 Å². The van der Waals surface area contributed by atoms with Crippen molar-refractivity contribution in [2.45, 2.75) is 0 Å². The van der Waals surface area contributed by atoms with Gasteiger partial charge in [-0.25, -0.2) is 0 Å². The lowest BCUT2D eigenvalue weighted by atomic mass is 10.1. The van der Waals surface area contributed by atoms with Crippen molar-refractivity contribution >= 4 is 10.8 Å². The fraction of sp³-hybridized carbons (Fsp3) is 0.0909. The van der Waals surface area contributed by atoms with Gasteiger partial charge in [-0.2, -0.15) is 0 Å². The lowest BCUT2D eigenvalue weighted by Crippen LogP contribution is -1.84. The van der Waals surface area contributed by atoms with Crippen LogP contribution in [0.5, 0.6) is 11.5 Å². The van der Waals surface area contributed by atoms with E-state index in [-0.39, 0.29) is 5.75 Å². The van der Waals surface area contributed by atoms with E-state index < -0.39 is 0 Å². The summed E-state index contributed by atoms with van der Waals surface area (Å²) in [7, 11) is 1.52. The normalized spacial score (nSPS) is 10.2. The standard InChI is InChI=1S/C11H9O2/c1-13-11-9-5-3-2-4-8(9)6-7-10(11)12/h2-7H,1H3. The number of benzene rings is 2. The number of hydrogen-bond acceptors (Lipinski definition) is 1. The zero-order chi connectivity index (χ0) is 9.26. The molecule has 0 amide bonds. The van der Waals surface area contributed by atoms with Crippen molar-refractivity contribution in [1.29, 1.82) is 0 Å². The molecule has 2 nitrogen and oxygen atoms in total.